The summed E-state index contributed by atoms with van der Waals surface area (Å²) >= 11 is 1.86. The molecule has 0 atom stereocenters. The summed E-state index contributed by atoms with van der Waals surface area (Å²) in [5, 5.41) is 7.23. The van der Waals surface area contributed by atoms with Crippen molar-refractivity contribution in [1.82, 2.24) is 4.57 Å². The standard InChI is InChI=1S/C54H33NOS/c1-4-14-34(15-5-1)37-26-28-47-44(30-37)45-31-38(35-16-6-2-7-17-35)27-29-48(45)55(47)49-23-12-22-41-46-33-39(32-43(53(46)56-54(41)49)36-18-8-3-9-19-36)40-21-13-25-51-52(40)42-20-10-11-24-50(42)57-51/h1-33H. The second kappa shape index (κ2) is 12.7. The van der Waals surface area contributed by atoms with Gasteiger partial charge in [-0.25, -0.2) is 0 Å². The lowest BCUT2D eigenvalue weighted by atomic mass is 9.93. The molecular formula is C54H33NOS. The molecule has 2 nitrogen and oxygen atoms in total. The van der Waals surface area contributed by atoms with Crippen LogP contribution in [0.2, 0.25) is 0 Å². The van der Waals surface area contributed by atoms with Crippen LogP contribution in [0.15, 0.2) is 205 Å². The monoisotopic (exact) mass is 743 g/mol. The van der Waals surface area contributed by atoms with Crippen LogP contribution in [0.25, 0.3) is 114 Å². The van der Waals surface area contributed by atoms with Crippen LogP contribution in [0.1, 0.15) is 0 Å². The number of fused-ring (bicyclic) bond motifs is 9. The van der Waals surface area contributed by atoms with E-state index in [0.29, 0.717) is 0 Å². The quantitative estimate of drug-likeness (QED) is 0.172. The Hall–Kier alpha value is -7.20. The van der Waals surface area contributed by atoms with E-state index in [2.05, 4.69) is 205 Å². The van der Waals surface area contributed by atoms with Crippen LogP contribution >= 0.6 is 11.3 Å². The highest BCUT2D eigenvalue weighted by Gasteiger charge is 2.22. The van der Waals surface area contributed by atoms with Crippen LogP contribution in [-0.2, 0) is 0 Å². The Morgan fingerprint density at radius 1 is 0.333 bits per heavy atom. The fraction of sp³-hybridized carbons (Fsp3) is 0. The maximum atomic E-state index is 7.19. The predicted octanol–water partition coefficient (Wildman–Crippen LogP) is 15.7. The largest absolute Gasteiger partial charge is 0.453 e. The lowest BCUT2D eigenvalue weighted by Gasteiger charge is -2.10. The second-order valence-corrected chi connectivity index (χ2v) is 15.9. The van der Waals surface area contributed by atoms with Crippen molar-refractivity contribution in [3.63, 3.8) is 0 Å². The summed E-state index contributed by atoms with van der Waals surface area (Å²) in [6.45, 7) is 0. The van der Waals surface area contributed by atoms with E-state index < -0.39 is 0 Å². The number of nitrogens with zero attached hydrogens (tertiary/aromatic N) is 1. The van der Waals surface area contributed by atoms with Gasteiger partial charge in [0.15, 0.2) is 5.58 Å². The van der Waals surface area contributed by atoms with Crippen molar-refractivity contribution < 1.29 is 4.42 Å². The molecule has 0 fully saturated rings. The zero-order valence-corrected chi connectivity index (χ0v) is 31.6. The van der Waals surface area contributed by atoms with Crippen LogP contribution in [0.4, 0.5) is 0 Å². The Kier molecular flexibility index (Phi) is 7.13. The number of hydrogen-bond acceptors (Lipinski definition) is 2. The second-order valence-electron chi connectivity index (χ2n) is 14.8. The van der Waals surface area contributed by atoms with Gasteiger partial charge in [-0.3, -0.25) is 0 Å². The van der Waals surface area contributed by atoms with Crippen molar-refractivity contribution in [1.29, 1.82) is 0 Å². The van der Waals surface area contributed by atoms with Gasteiger partial charge in [-0.2, -0.15) is 0 Å². The van der Waals surface area contributed by atoms with Crippen LogP contribution in [-0.4, -0.2) is 4.57 Å². The van der Waals surface area contributed by atoms with Crippen LogP contribution in [0, 0.1) is 0 Å². The molecule has 0 unspecified atom stereocenters. The average Bonchev–Trinajstić information content (AvgIpc) is 3.96. The first-order valence-corrected chi connectivity index (χ1v) is 20.2. The Morgan fingerprint density at radius 2 is 0.895 bits per heavy atom. The zero-order valence-electron chi connectivity index (χ0n) is 30.8. The molecule has 0 saturated heterocycles. The summed E-state index contributed by atoms with van der Waals surface area (Å²) in [6.07, 6.45) is 0. The lowest BCUT2D eigenvalue weighted by Crippen LogP contribution is -1.94. The first-order valence-electron chi connectivity index (χ1n) is 19.4. The topological polar surface area (TPSA) is 18.1 Å². The molecule has 3 heteroatoms. The fourth-order valence-corrected chi connectivity index (χ4v) is 10.1. The van der Waals surface area contributed by atoms with Gasteiger partial charge in [0.1, 0.15) is 5.58 Å². The van der Waals surface area contributed by atoms with Gasteiger partial charge in [0, 0.05) is 47.3 Å². The lowest BCUT2D eigenvalue weighted by molar-refractivity contribution is 0.667. The molecule has 0 spiro atoms. The summed E-state index contributed by atoms with van der Waals surface area (Å²) in [4.78, 5) is 0. The van der Waals surface area contributed by atoms with Gasteiger partial charge in [0.05, 0.1) is 16.7 Å². The minimum Gasteiger partial charge on any atom is -0.453 e. The van der Waals surface area contributed by atoms with Crippen molar-refractivity contribution in [2.24, 2.45) is 0 Å². The molecule has 0 aliphatic heterocycles. The smallest absolute Gasteiger partial charge is 0.159 e. The van der Waals surface area contributed by atoms with Gasteiger partial charge >= 0.3 is 0 Å². The number of rotatable bonds is 5. The maximum Gasteiger partial charge on any atom is 0.159 e. The van der Waals surface area contributed by atoms with Crippen molar-refractivity contribution in [2.75, 3.05) is 0 Å². The Balaban J connectivity index is 1.14. The van der Waals surface area contributed by atoms with Crippen LogP contribution < -0.4 is 0 Å². The van der Waals surface area contributed by atoms with Gasteiger partial charge in [-0.1, -0.05) is 146 Å². The van der Waals surface area contributed by atoms with Crippen LogP contribution in [0.3, 0.4) is 0 Å². The summed E-state index contributed by atoms with van der Waals surface area (Å²) in [7, 11) is 0. The number of para-hydroxylation sites is 1. The molecule has 0 aliphatic rings. The SMILES string of the molecule is c1ccc(-c2ccc3c(c2)c2cc(-c4ccccc4)ccc2n3-c2cccc3c2oc2c(-c4ccccc4)cc(-c4cccc5sc6ccccc6c45)cc23)cc1. The molecule has 12 aromatic rings. The Morgan fingerprint density at radius 3 is 1.58 bits per heavy atom. The molecule has 3 aromatic heterocycles. The minimum atomic E-state index is 0.874. The molecule has 266 valence electrons. The Labute approximate surface area is 333 Å². The molecular weight excluding hydrogens is 711 g/mol. The molecule has 9 aromatic carbocycles. The zero-order chi connectivity index (χ0) is 37.5. The molecule has 0 aliphatic carbocycles. The average molecular weight is 744 g/mol. The van der Waals surface area contributed by atoms with E-state index in [-0.39, 0.29) is 0 Å². The number of aromatic nitrogens is 1. The van der Waals surface area contributed by atoms with Crippen molar-refractivity contribution >= 4 is 75.3 Å². The van der Waals surface area contributed by atoms with Gasteiger partial charge in [0.25, 0.3) is 0 Å². The predicted molar refractivity (Wildman–Crippen MR) is 243 cm³/mol. The molecule has 0 saturated carbocycles. The maximum absolute atomic E-state index is 7.19. The highest BCUT2D eigenvalue weighted by atomic mass is 32.1. The van der Waals surface area contributed by atoms with E-state index in [1.165, 1.54) is 64.3 Å². The third kappa shape index (κ3) is 5.03. The van der Waals surface area contributed by atoms with E-state index in [1.54, 1.807) is 0 Å². The minimum absolute atomic E-state index is 0.874. The number of furan rings is 1. The van der Waals surface area contributed by atoms with E-state index in [1.807, 2.05) is 11.3 Å². The molecule has 12 rings (SSSR count). The molecule has 0 bridgehead atoms. The van der Waals surface area contributed by atoms with Gasteiger partial charge < -0.3 is 8.98 Å². The van der Waals surface area contributed by atoms with Gasteiger partial charge in [0.2, 0.25) is 0 Å². The summed E-state index contributed by atoms with van der Waals surface area (Å²) in [5.74, 6) is 0. The van der Waals surface area contributed by atoms with Crippen molar-refractivity contribution in [2.45, 2.75) is 0 Å². The third-order valence-electron chi connectivity index (χ3n) is 11.6. The fourth-order valence-electron chi connectivity index (χ4n) is 8.97. The number of thiophene rings is 1. The van der Waals surface area contributed by atoms with E-state index >= 15 is 0 Å². The highest BCUT2D eigenvalue weighted by molar-refractivity contribution is 7.25. The molecule has 57 heavy (non-hydrogen) atoms. The van der Waals surface area contributed by atoms with Gasteiger partial charge in [-0.15, -0.1) is 11.3 Å². The van der Waals surface area contributed by atoms with Crippen LogP contribution in [0.5, 0.6) is 0 Å². The normalized spacial score (nSPS) is 11.9. The van der Waals surface area contributed by atoms with Gasteiger partial charge in [-0.05, 0) is 93.5 Å². The number of benzene rings is 9. The number of hydrogen-bond donors (Lipinski definition) is 0. The van der Waals surface area contributed by atoms with E-state index in [4.69, 9.17) is 4.42 Å². The van der Waals surface area contributed by atoms with Crippen molar-refractivity contribution in [3.8, 4) is 50.2 Å². The first kappa shape index (κ1) is 32.1. The van der Waals surface area contributed by atoms with E-state index in [0.717, 1.165) is 49.8 Å². The highest BCUT2D eigenvalue weighted by Crippen LogP contribution is 2.46. The van der Waals surface area contributed by atoms with Crippen molar-refractivity contribution in [3.05, 3.63) is 200 Å². The molecule has 0 radical (unpaired) electrons. The summed E-state index contributed by atoms with van der Waals surface area (Å²) < 4.78 is 12.2. The van der Waals surface area contributed by atoms with E-state index in [9.17, 15) is 0 Å². The Bertz CT molecular complexity index is 3400. The first-order chi connectivity index (χ1) is 28.3. The molecule has 0 amide bonds. The summed E-state index contributed by atoms with van der Waals surface area (Å²) in [5.41, 5.74) is 14.5. The molecule has 0 N–H and O–H groups in total. The summed E-state index contributed by atoms with van der Waals surface area (Å²) in [6, 6.07) is 72.5. The third-order valence-corrected chi connectivity index (χ3v) is 12.7. The molecule has 3 heterocycles.